The Kier molecular flexibility index (Phi) is 4.42. The Hall–Kier alpha value is -1.43. The minimum absolute atomic E-state index is 0.137. The van der Waals surface area contributed by atoms with Crippen LogP contribution in [0.3, 0.4) is 0 Å². The minimum Gasteiger partial charge on any atom is -0.460 e. The van der Waals surface area contributed by atoms with E-state index in [2.05, 4.69) is 15.0 Å². The van der Waals surface area contributed by atoms with Crippen LogP contribution in [0, 0.1) is 0 Å². The van der Waals surface area contributed by atoms with Gasteiger partial charge in [-0.15, -0.1) is 5.10 Å². The largest absolute Gasteiger partial charge is 0.460 e. The van der Waals surface area contributed by atoms with Crippen LogP contribution in [-0.4, -0.2) is 52.9 Å². The van der Waals surface area contributed by atoms with Gasteiger partial charge in [-0.05, 0) is 21.0 Å². The third-order valence-electron chi connectivity index (χ3n) is 2.09. The highest BCUT2D eigenvalue weighted by Gasteiger charge is 2.15. The van der Waals surface area contributed by atoms with Gasteiger partial charge in [-0.2, -0.15) is 0 Å². The van der Waals surface area contributed by atoms with E-state index in [-0.39, 0.29) is 5.82 Å². The van der Waals surface area contributed by atoms with Crippen molar-refractivity contribution in [1.82, 2.24) is 19.7 Å². The van der Waals surface area contributed by atoms with Gasteiger partial charge >= 0.3 is 5.97 Å². The van der Waals surface area contributed by atoms with E-state index < -0.39 is 5.97 Å². The molecule has 90 valence electrons. The summed E-state index contributed by atoms with van der Waals surface area (Å²) >= 11 is 0. The van der Waals surface area contributed by atoms with Crippen molar-refractivity contribution in [2.45, 2.75) is 13.3 Å². The molecule has 0 aliphatic heterocycles. The number of carbonyl (C=O) groups is 1. The molecule has 0 saturated heterocycles. The number of hydrogen-bond acceptors (Lipinski definition) is 5. The van der Waals surface area contributed by atoms with E-state index in [1.54, 1.807) is 18.7 Å². The third kappa shape index (κ3) is 3.30. The summed E-state index contributed by atoms with van der Waals surface area (Å²) in [5.74, 6) is 0.462. The number of carbonyl (C=O) groups excluding carboxylic acids is 1. The van der Waals surface area contributed by atoms with E-state index in [4.69, 9.17) is 4.74 Å². The molecule has 0 aromatic carbocycles. The van der Waals surface area contributed by atoms with Gasteiger partial charge in [0.1, 0.15) is 5.82 Å². The van der Waals surface area contributed by atoms with Gasteiger partial charge in [0, 0.05) is 20.0 Å². The molecule has 0 amide bonds. The molecule has 16 heavy (non-hydrogen) atoms. The standard InChI is InChI=1S/C10H18N4O2/c1-5-16-10(15)9-11-8(14(4)12-9)6-7-13(2)3/h5-7H2,1-4H3. The molecule has 0 aliphatic carbocycles. The summed E-state index contributed by atoms with van der Waals surface area (Å²) in [6.45, 7) is 2.96. The van der Waals surface area contributed by atoms with Crippen molar-refractivity contribution in [2.75, 3.05) is 27.2 Å². The van der Waals surface area contributed by atoms with Crippen molar-refractivity contribution in [1.29, 1.82) is 0 Å². The summed E-state index contributed by atoms with van der Waals surface area (Å²) in [5, 5.41) is 4.02. The molecule has 1 aromatic heterocycles. The molecule has 1 aromatic rings. The Balaban J connectivity index is 2.69. The highest BCUT2D eigenvalue weighted by Crippen LogP contribution is 2.00. The zero-order chi connectivity index (χ0) is 12.1. The fourth-order valence-corrected chi connectivity index (χ4v) is 1.24. The third-order valence-corrected chi connectivity index (χ3v) is 2.09. The quantitative estimate of drug-likeness (QED) is 0.666. The zero-order valence-corrected chi connectivity index (χ0v) is 10.2. The van der Waals surface area contributed by atoms with Gasteiger partial charge in [0.05, 0.1) is 6.61 Å². The first kappa shape index (κ1) is 12.6. The van der Waals surface area contributed by atoms with Gasteiger partial charge in [0.2, 0.25) is 0 Å². The first-order chi connectivity index (χ1) is 7.54. The van der Waals surface area contributed by atoms with E-state index in [0.717, 1.165) is 18.8 Å². The maximum absolute atomic E-state index is 11.4. The van der Waals surface area contributed by atoms with Crippen molar-refractivity contribution in [3.05, 3.63) is 11.6 Å². The van der Waals surface area contributed by atoms with Crippen LogP contribution >= 0.6 is 0 Å². The molecule has 0 saturated carbocycles. The van der Waals surface area contributed by atoms with Gasteiger partial charge in [-0.1, -0.05) is 0 Å². The number of hydrogen-bond donors (Lipinski definition) is 0. The Morgan fingerprint density at radius 2 is 2.19 bits per heavy atom. The van der Waals surface area contributed by atoms with E-state index in [0.29, 0.717) is 6.61 Å². The topological polar surface area (TPSA) is 60.2 Å². The van der Waals surface area contributed by atoms with Gasteiger partial charge < -0.3 is 9.64 Å². The molecule has 0 aliphatic rings. The SMILES string of the molecule is CCOC(=O)c1nc(CCN(C)C)n(C)n1. The maximum atomic E-state index is 11.4. The maximum Gasteiger partial charge on any atom is 0.378 e. The van der Waals surface area contributed by atoms with Crippen LogP contribution < -0.4 is 0 Å². The Morgan fingerprint density at radius 1 is 1.50 bits per heavy atom. The van der Waals surface area contributed by atoms with E-state index in [1.807, 2.05) is 14.1 Å². The number of nitrogens with zero attached hydrogens (tertiary/aromatic N) is 4. The second kappa shape index (κ2) is 5.60. The molecule has 0 unspecified atom stereocenters. The van der Waals surface area contributed by atoms with Crippen molar-refractivity contribution < 1.29 is 9.53 Å². The van der Waals surface area contributed by atoms with Gasteiger partial charge in [-0.25, -0.2) is 9.78 Å². The molecule has 1 rings (SSSR count). The second-order valence-corrected chi connectivity index (χ2v) is 3.75. The Bertz CT molecular complexity index is 360. The van der Waals surface area contributed by atoms with E-state index in [1.165, 1.54) is 0 Å². The predicted molar refractivity (Wildman–Crippen MR) is 59.2 cm³/mol. The number of aromatic nitrogens is 3. The number of aryl methyl sites for hydroxylation is 1. The number of likely N-dealkylation sites (N-methyl/N-ethyl adjacent to an activating group) is 1. The van der Waals surface area contributed by atoms with Crippen LogP contribution in [0.2, 0.25) is 0 Å². The monoisotopic (exact) mass is 226 g/mol. The summed E-state index contributed by atoms with van der Waals surface area (Å²) in [6, 6.07) is 0. The molecular formula is C10H18N4O2. The zero-order valence-electron chi connectivity index (χ0n) is 10.2. The van der Waals surface area contributed by atoms with Crippen LogP contribution in [0.15, 0.2) is 0 Å². The van der Waals surface area contributed by atoms with Crippen LogP contribution in [0.4, 0.5) is 0 Å². The molecule has 0 bridgehead atoms. The van der Waals surface area contributed by atoms with Crippen LogP contribution in [0.25, 0.3) is 0 Å². The van der Waals surface area contributed by atoms with Gasteiger partial charge in [0.25, 0.3) is 5.82 Å². The summed E-state index contributed by atoms with van der Waals surface area (Å²) in [5.41, 5.74) is 0. The number of rotatable bonds is 5. The lowest BCUT2D eigenvalue weighted by Gasteiger charge is -2.07. The average molecular weight is 226 g/mol. The number of esters is 1. The van der Waals surface area contributed by atoms with E-state index >= 15 is 0 Å². The first-order valence-corrected chi connectivity index (χ1v) is 5.26. The molecule has 1 heterocycles. The lowest BCUT2D eigenvalue weighted by atomic mass is 10.4. The highest BCUT2D eigenvalue weighted by atomic mass is 16.5. The van der Waals surface area contributed by atoms with Crippen LogP contribution in [0.5, 0.6) is 0 Å². The fraction of sp³-hybridized carbons (Fsp3) is 0.700. The number of ether oxygens (including phenoxy) is 1. The molecule has 6 heteroatoms. The fourth-order valence-electron chi connectivity index (χ4n) is 1.24. The summed E-state index contributed by atoms with van der Waals surface area (Å²) in [7, 11) is 5.76. The van der Waals surface area contributed by atoms with Crippen molar-refractivity contribution in [3.8, 4) is 0 Å². The van der Waals surface area contributed by atoms with E-state index in [9.17, 15) is 4.79 Å². The molecule has 0 fully saturated rings. The normalized spacial score (nSPS) is 10.8. The lowest BCUT2D eigenvalue weighted by molar-refractivity contribution is 0.0512. The van der Waals surface area contributed by atoms with Crippen LogP contribution in [0.1, 0.15) is 23.4 Å². The van der Waals surface area contributed by atoms with Crippen molar-refractivity contribution in [2.24, 2.45) is 7.05 Å². The smallest absolute Gasteiger partial charge is 0.378 e. The Morgan fingerprint density at radius 3 is 2.75 bits per heavy atom. The Labute approximate surface area is 95.2 Å². The van der Waals surface area contributed by atoms with Crippen molar-refractivity contribution in [3.63, 3.8) is 0 Å². The second-order valence-electron chi connectivity index (χ2n) is 3.75. The van der Waals surface area contributed by atoms with Crippen LogP contribution in [-0.2, 0) is 18.2 Å². The molecule has 0 atom stereocenters. The first-order valence-electron chi connectivity index (χ1n) is 5.26. The van der Waals surface area contributed by atoms with Gasteiger partial charge in [0.15, 0.2) is 0 Å². The van der Waals surface area contributed by atoms with Crippen molar-refractivity contribution >= 4 is 5.97 Å². The molecule has 0 spiro atoms. The minimum atomic E-state index is -0.464. The molecule has 0 N–H and O–H groups in total. The summed E-state index contributed by atoms with van der Waals surface area (Å²) in [4.78, 5) is 17.6. The predicted octanol–water partition coefficient (Wildman–Crippen LogP) is 0.0959. The summed E-state index contributed by atoms with van der Waals surface area (Å²) in [6.07, 6.45) is 0.760. The lowest BCUT2D eigenvalue weighted by Crippen LogP contribution is -2.17. The highest BCUT2D eigenvalue weighted by molar-refractivity contribution is 5.84. The van der Waals surface area contributed by atoms with Gasteiger partial charge in [-0.3, -0.25) is 4.68 Å². The molecule has 0 radical (unpaired) electrons. The summed E-state index contributed by atoms with van der Waals surface area (Å²) < 4.78 is 6.45. The average Bonchev–Trinajstić information content (AvgIpc) is 2.57. The molecular weight excluding hydrogens is 208 g/mol. The molecule has 6 nitrogen and oxygen atoms in total.